The molecule has 1 heterocycles. The van der Waals surface area contributed by atoms with Gasteiger partial charge >= 0.3 is 5.97 Å². The highest BCUT2D eigenvalue weighted by atomic mass is 32.2. The van der Waals surface area contributed by atoms with E-state index in [0.29, 0.717) is 31.3 Å². The van der Waals surface area contributed by atoms with Gasteiger partial charge in [0.15, 0.2) is 15.6 Å². The Balaban J connectivity index is 1.64. The predicted octanol–water partition coefficient (Wildman–Crippen LogP) is 2.59. The van der Waals surface area contributed by atoms with Crippen LogP contribution in [0.2, 0.25) is 0 Å². The molecule has 1 saturated heterocycles. The largest absolute Gasteiger partial charge is 0.458 e. The van der Waals surface area contributed by atoms with Crippen LogP contribution in [-0.2, 0) is 24.2 Å². The van der Waals surface area contributed by atoms with Gasteiger partial charge in [0.2, 0.25) is 0 Å². The van der Waals surface area contributed by atoms with E-state index in [0.717, 1.165) is 25.7 Å². The molecule has 4 aliphatic carbocycles. The molecule has 4 fully saturated rings. The molecule has 0 aromatic rings. The topological polar surface area (TPSA) is 97.7 Å². The van der Waals surface area contributed by atoms with Crippen LogP contribution < -0.4 is 0 Å². The molecule has 0 amide bonds. The summed E-state index contributed by atoms with van der Waals surface area (Å²) in [6.07, 6.45) is 7.15. The van der Waals surface area contributed by atoms with Crippen LogP contribution in [0, 0.1) is 28.6 Å². The average molecular weight is 437 g/mol. The van der Waals surface area contributed by atoms with Crippen molar-refractivity contribution >= 4 is 21.6 Å². The van der Waals surface area contributed by atoms with Gasteiger partial charge in [-0.3, -0.25) is 9.59 Å². The normalized spacial score (nSPS) is 50.5. The molecule has 1 aliphatic heterocycles. The zero-order valence-electron chi connectivity index (χ0n) is 18.0. The number of hydrogen-bond donors (Lipinski definition) is 1. The molecule has 1 N–H and O–H groups in total. The lowest BCUT2D eigenvalue weighted by Gasteiger charge is -2.61. The van der Waals surface area contributed by atoms with Gasteiger partial charge < -0.3 is 9.84 Å². The quantitative estimate of drug-likeness (QED) is 0.635. The molecule has 5 rings (SSSR count). The number of fused-ring (bicyclic) bond motifs is 6. The number of ketones is 1. The van der Waals surface area contributed by atoms with Crippen LogP contribution in [0.3, 0.4) is 0 Å². The summed E-state index contributed by atoms with van der Waals surface area (Å²) in [7, 11) is -3.56. The molecule has 0 unspecified atom stereocenters. The minimum absolute atomic E-state index is 0.0226. The number of carbonyl (C=O) groups excluding carboxylic acids is 2. The van der Waals surface area contributed by atoms with Crippen LogP contribution in [0.4, 0.5) is 0 Å². The Morgan fingerprint density at radius 3 is 2.37 bits per heavy atom. The molecule has 0 aromatic heterocycles. The van der Waals surface area contributed by atoms with E-state index in [9.17, 15) is 23.1 Å². The number of rotatable bonds is 1. The number of sulfone groups is 1. The van der Waals surface area contributed by atoms with Crippen molar-refractivity contribution in [1.82, 2.24) is 0 Å². The zero-order valence-corrected chi connectivity index (χ0v) is 18.8. The molecule has 30 heavy (non-hydrogen) atoms. The maximum atomic E-state index is 13.0. The second kappa shape index (κ2) is 6.18. The van der Waals surface area contributed by atoms with Crippen molar-refractivity contribution in [3.8, 4) is 0 Å². The molecule has 3 saturated carbocycles. The molecule has 5 aliphatic rings. The number of hydrogen-bond acceptors (Lipinski definition) is 6. The minimum atomic E-state index is -3.56. The van der Waals surface area contributed by atoms with E-state index in [1.807, 2.05) is 0 Å². The molecule has 0 radical (unpaired) electrons. The van der Waals surface area contributed by atoms with Gasteiger partial charge in [-0.1, -0.05) is 13.8 Å². The van der Waals surface area contributed by atoms with Gasteiger partial charge in [-0.2, -0.15) is 0 Å². The molecule has 166 valence electrons. The van der Waals surface area contributed by atoms with Gasteiger partial charge in [0.1, 0.15) is 5.60 Å². The maximum Gasteiger partial charge on any atom is 0.306 e. The Morgan fingerprint density at radius 1 is 1.03 bits per heavy atom. The van der Waals surface area contributed by atoms with Crippen LogP contribution in [-0.4, -0.2) is 48.5 Å². The fraction of sp³-hybridized carbons (Fsp3) is 0.826. The van der Waals surface area contributed by atoms with Gasteiger partial charge in [-0.25, -0.2) is 8.42 Å². The van der Waals surface area contributed by atoms with Crippen LogP contribution in [0.15, 0.2) is 11.6 Å². The van der Waals surface area contributed by atoms with E-state index in [4.69, 9.17) is 4.74 Å². The summed E-state index contributed by atoms with van der Waals surface area (Å²) in [6, 6.07) is 0. The lowest BCUT2D eigenvalue weighted by atomic mass is 9.45. The molecule has 0 bridgehead atoms. The Morgan fingerprint density at radius 2 is 1.73 bits per heavy atom. The van der Waals surface area contributed by atoms with E-state index in [2.05, 4.69) is 13.8 Å². The molecule has 7 heteroatoms. The second-order valence-corrected chi connectivity index (χ2v) is 13.2. The van der Waals surface area contributed by atoms with E-state index >= 15 is 0 Å². The average Bonchev–Trinajstić information content (AvgIpc) is 3.17. The first-order valence-corrected chi connectivity index (χ1v) is 13.2. The monoisotopic (exact) mass is 436 g/mol. The first kappa shape index (κ1) is 20.7. The van der Waals surface area contributed by atoms with Crippen molar-refractivity contribution in [2.24, 2.45) is 28.6 Å². The minimum Gasteiger partial charge on any atom is -0.458 e. The highest BCUT2D eigenvalue weighted by Crippen LogP contribution is 2.70. The number of aliphatic hydroxyl groups excluding tert-OH is 1. The number of esters is 1. The summed E-state index contributed by atoms with van der Waals surface area (Å²) >= 11 is 0. The maximum absolute atomic E-state index is 13.0. The summed E-state index contributed by atoms with van der Waals surface area (Å²) in [5.74, 6) is -0.184. The first-order chi connectivity index (χ1) is 13.9. The van der Waals surface area contributed by atoms with Gasteiger partial charge in [0.05, 0.1) is 11.4 Å². The van der Waals surface area contributed by atoms with Crippen LogP contribution >= 0.6 is 0 Å². The molecular weight excluding hydrogens is 404 g/mol. The summed E-state index contributed by atoms with van der Waals surface area (Å²) in [6.45, 7) is 4.30. The van der Waals surface area contributed by atoms with Crippen LogP contribution in [0.1, 0.15) is 65.2 Å². The molecule has 0 aromatic carbocycles. The van der Waals surface area contributed by atoms with E-state index in [1.54, 1.807) is 0 Å². The lowest BCUT2D eigenvalue weighted by molar-refractivity contribution is -0.169. The van der Waals surface area contributed by atoms with Crippen molar-refractivity contribution in [2.45, 2.75) is 82.2 Å². The zero-order chi connectivity index (χ0) is 21.7. The van der Waals surface area contributed by atoms with Gasteiger partial charge in [-0.05, 0) is 73.3 Å². The third-order valence-electron chi connectivity index (χ3n) is 9.85. The third-order valence-corrected chi connectivity index (χ3v) is 11.4. The van der Waals surface area contributed by atoms with E-state index in [1.165, 1.54) is 12.3 Å². The Kier molecular flexibility index (Phi) is 4.26. The van der Waals surface area contributed by atoms with Crippen molar-refractivity contribution in [1.29, 1.82) is 0 Å². The second-order valence-electron chi connectivity index (χ2n) is 11.0. The Hall–Kier alpha value is -1.21. The van der Waals surface area contributed by atoms with Crippen molar-refractivity contribution in [3.05, 3.63) is 11.6 Å². The van der Waals surface area contributed by atoms with Crippen molar-refractivity contribution in [2.75, 3.05) is 6.26 Å². The smallest absolute Gasteiger partial charge is 0.306 e. The lowest BCUT2D eigenvalue weighted by Crippen LogP contribution is -2.63. The number of carbonyl (C=O) groups is 2. The van der Waals surface area contributed by atoms with Crippen molar-refractivity contribution in [3.63, 3.8) is 0 Å². The van der Waals surface area contributed by atoms with E-state index in [-0.39, 0.29) is 40.3 Å². The predicted molar refractivity (Wildman–Crippen MR) is 110 cm³/mol. The first-order valence-electron chi connectivity index (χ1n) is 11.3. The summed E-state index contributed by atoms with van der Waals surface area (Å²) in [5.41, 5.74) is -0.501. The highest BCUT2D eigenvalue weighted by molar-refractivity contribution is 7.91. The van der Waals surface area contributed by atoms with Gasteiger partial charge in [-0.15, -0.1) is 0 Å². The standard InChI is InChI=1S/C23H32O6S/c1-21-8-4-13(24)12-16(21)19(26)20(30(3,27)28)18-14(21)5-9-22(2)15(18)6-10-23(22)11-7-17(25)29-23/h12,14-15,18-20,26H,4-11H2,1-3H3/t14-,15-,18+,19-,20-,21+,22-,23+/m0/s1. The van der Waals surface area contributed by atoms with Crippen LogP contribution in [0.5, 0.6) is 0 Å². The number of aliphatic hydroxyl groups is 1. The van der Waals surface area contributed by atoms with Crippen molar-refractivity contribution < 1.29 is 27.9 Å². The fourth-order valence-electron chi connectivity index (χ4n) is 8.36. The SMILES string of the molecule is C[C@]12CCC(=O)C=C1[C@H](O)[C@@H](S(C)(=O)=O)[C@@H]1[C@@H]2CC[C@@]2(C)[C@H]1CC[C@@]21CCC(=O)O1. The van der Waals surface area contributed by atoms with Gasteiger partial charge in [0.25, 0.3) is 0 Å². The molecule has 6 nitrogen and oxygen atoms in total. The summed E-state index contributed by atoms with van der Waals surface area (Å²) in [5, 5.41) is 10.4. The number of ether oxygens (including phenoxy) is 1. The summed E-state index contributed by atoms with van der Waals surface area (Å²) in [4.78, 5) is 24.2. The van der Waals surface area contributed by atoms with Gasteiger partial charge in [0, 0.05) is 24.5 Å². The highest BCUT2D eigenvalue weighted by Gasteiger charge is 2.70. The summed E-state index contributed by atoms with van der Waals surface area (Å²) < 4.78 is 32.0. The Bertz CT molecular complexity index is 953. The third kappa shape index (κ3) is 2.48. The fourth-order valence-corrected chi connectivity index (χ4v) is 9.93. The molecule has 1 spiro atoms. The van der Waals surface area contributed by atoms with Crippen LogP contribution in [0.25, 0.3) is 0 Å². The van der Waals surface area contributed by atoms with E-state index < -0.39 is 26.8 Å². The molecule has 8 atom stereocenters. The Labute approximate surface area is 178 Å². The molecular formula is C23H32O6S.